The summed E-state index contributed by atoms with van der Waals surface area (Å²) in [5.41, 5.74) is 2.55. The maximum Gasteiger partial charge on any atom is 0.314 e. The van der Waals surface area contributed by atoms with Crippen LogP contribution in [0.1, 0.15) is 5.56 Å². The Morgan fingerprint density at radius 2 is 1.57 bits per heavy atom. The first-order valence-electron chi connectivity index (χ1n) is 7.06. The Kier molecular flexibility index (Phi) is 4.85. The highest BCUT2D eigenvalue weighted by molar-refractivity contribution is 6.43. The van der Waals surface area contributed by atoms with Gasteiger partial charge in [-0.2, -0.15) is 0 Å². The molecule has 0 aliphatic heterocycles. The Balaban J connectivity index is 2.01. The van der Waals surface area contributed by atoms with Crippen LogP contribution in [0.15, 0.2) is 42.5 Å². The molecule has 0 bridgehead atoms. The highest BCUT2D eigenvalue weighted by Gasteiger charge is 2.15. The zero-order chi connectivity index (χ0) is 17.0. The third-order valence-electron chi connectivity index (χ3n) is 3.25. The molecule has 2 aromatic rings. The average Bonchev–Trinajstić information content (AvgIpc) is 2.50. The van der Waals surface area contributed by atoms with Gasteiger partial charge in [0.05, 0.1) is 5.69 Å². The molecule has 0 unspecified atom stereocenters. The third-order valence-corrected chi connectivity index (χ3v) is 3.25. The van der Waals surface area contributed by atoms with E-state index in [0.29, 0.717) is 5.69 Å². The molecular formula is C17H19N3O3. The lowest BCUT2D eigenvalue weighted by atomic mass is 10.2. The number of carbonyl (C=O) groups excluding carboxylic acids is 2. The number of amides is 2. The Bertz CT molecular complexity index is 724. The van der Waals surface area contributed by atoms with Gasteiger partial charge >= 0.3 is 11.8 Å². The summed E-state index contributed by atoms with van der Waals surface area (Å²) in [7, 11) is 3.82. The van der Waals surface area contributed by atoms with Gasteiger partial charge in [0.15, 0.2) is 0 Å². The summed E-state index contributed by atoms with van der Waals surface area (Å²) < 4.78 is 0. The van der Waals surface area contributed by atoms with Gasteiger partial charge in [0, 0.05) is 25.5 Å². The fraction of sp³-hybridized carbons (Fsp3) is 0.176. The number of phenols is 1. The third kappa shape index (κ3) is 4.23. The molecule has 2 aromatic carbocycles. The van der Waals surface area contributed by atoms with Crippen molar-refractivity contribution >= 4 is 28.9 Å². The van der Waals surface area contributed by atoms with Crippen molar-refractivity contribution in [1.29, 1.82) is 0 Å². The Morgan fingerprint density at radius 1 is 0.957 bits per heavy atom. The van der Waals surface area contributed by atoms with E-state index in [1.807, 2.05) is 38.1 Å². The number of phenolic OH excluding ortho intramolecular Hbond substituents is 1. The molecule has 0 fully saturated rings. The highest BCUT2D eigenvalue weighted by Crippen LogP contribution is 2.23. The minimum Gasteiger partial charge on any atom is -0.506 e. The van der Waals surface area contributed by atoms with Crippen LogP contribution in [0.2, 0.25) is 0 Å². The number of anilines is 3. The number of nitrogens with one attached hydrogen (secondary N) is 2. The number of aryl methyl sites for hydroxylation is 1. The quantitative estimate of drug-likeness (QED) is 0.600. The normalized spacial score (nSPS) is 10.0. The molecule has 0 radical (unpaired) electrons. The standard InChI is InChI=1S/C17H19N3O3/c1-11-4-9-14(15(21)10-11)19-17(23)16(22)18-12-5-7-13(8-6-12)20(2)3/h4-10,21H,1-3H3,(H,18,22)(H,19,23). The number of hydrogen-bond acceptors (Lipinski definition) is 4. The second kappa shape index (κ2) is 6.83. The predicted octanol–water partition coefficient (Wildman–Crippen LogP) is 2.34. The zero-order valence-electron chi connectivity index (χ0n) is 13.3. The molecule has 120 valence electrons. The van der Waals surface area contributed by atoms with Crippen molar-refractivity contribution in [3.63, 3.8) is 0 Å². The molecule has 23 heavy (non-hydrogen) atoms. The van der Waals surface area contributed by atoms with E-state index in [4.69, 9.17) is 0 Å². The number of carbonyl (C=O) groups is 2. The molecule has 0 atom stereocenters. The van der Waals surface area contributed by atoms with E-state index in [2.05, 4.69) is 10.6 Å². The van der Waals surface area contributed by atoms with Gasteiger partial charge in [-0.25, -0.2) is 0 Å². The van der Waals surface area contributed by atoms with Crippen molar-refractivity contribution in [1.82, 2.24) is 0 Å². The summed E-state index contributed by atoms with van der Waals surface area (Å²) in [6.07, 6.45) is 0. The van der Waals surface area contributed by atoms with Crippen LogP contribution < -0.4 is 15.5 Å². The fourth-order valence-electron chi connectivity index (χ4n) is 1.96. The largest absolute Gasteiger partial charge is 0.506 e. The van der Waals surface area contributed by atoms with E-state index in [0.717, 1.165) is 11.3 Å². The number of benzene rings is 2. The van der Waals surface area contributed by atoms with E-state index < -0.39 is 11.8 Å². The Labute approximate surface area is 134 Å². The Morgan fingerprint density at radius 3 is 2.13 bits per heavy atom. The fourth-order valence-corrected chi connectivity index (χ4v) is 1.96. The smallest absolute Gasteiger partial charge is 0.314 e. The maximum absolute atomic E-state index is 11.9. The van der Waals surface area contributed by atoms with Gasteiger partial charge in [0.25, 0.3) is 0 Å². The number of aromatic hydroxyl groups is 1. The molecular weight excluding hydrogens is 294 g/mol. The first kappa shape index (κ1) is 16.4. The predicted molar refractivity (Wildman–Crippen MR) is 90.9 cm³/mol. The van der Waals surface area contributed by atoms with Crippen molar-refractivity contribution in [2.75, 3.05) is 29.6 Å². The molecule has 6 nitrogen and oxygen atoms in total. The Hall–Kier alpha value is -3.02. The van der Waals surface area contributed by atoms with Crippen LogP contribution in [0.3, 0.4) is 0 Å². The molecule has 0 aliphatic rings. The lowest BCUT2D eigenvalue weighted by Crippen LogP contribution is -2.29. The van der Waals surface area contributed by atoms with Gasteiger partial charge < -0.3 is 20.6 Å². The molecule has 0 heterocycles. The van der Waals surface area contributed by atoms with E-state index in [1.54, 1.807) is 24.3 Å². The summed E-state index contributed by atoms with van der Waals surface area (Å²) in [5.74, 6) is -1.73. The molecule has 0 saturated carbocycles. The summed E-state index contributed by atoms with van der Waals surface area (Å²) in [6.45, 7) is 1.81. The molecule has 0 saturated heterocycles. The van der Waals surface area contributed by atoms with Gasteiger partial charge in [-0.15, -0.1) is 0 Å². The van der Waals surface area contributed by atoms with Gasteiger partial charge in [0.1, 0.15) is 5.75 Å². The molecule has 0 aromatic heterocycles. The summed E-state index contributed by atoms with van der Waals surface area (Å²) in [6, 6.07) is 11.9. The van der Waals surface area contributed by atoms with E-state index >= 15 is 0 Å². The molecule has 0 spiro atoms. The van der Waals surface area contributed by atoms with Crippen molar-refractivity contribution in [3.8, 4) is 5.75 Å². The second-order valence-corrected chi connectivity index (χ2v) is 5.37. The van der Waals surface area contributed by atoms with Crippen molar-refractivity contribution in [3.05, 3.63) is 48.0 Å². The number of nitrogens with zero attached hydrogens (tertiary/aromatic N) is 1. The van der Waals surface area contributed by atoms with Crippen molar-refractivity contribution in [2.24, 2.45) is 0 Å². The second-order valence-electron chi connectivity index (χ2n) is 5.37. The molecule has 6 heteroatoms. The lowest BCUT2D eigenvalue weighted by Gasteiger charge is -2.13. The monoisotopic (exact) mass is 313 g/mol. The van der Waals surface area contributed by atoms with Gasteiger partial charge in [-0.3, -0.25) is 9.59 Å². The molecule has 0 aliphatic carbocycles. The number of rotatable bonds is 3. The van der Waals surface area contributed by atoms with E-state index in [-0.39, 0.29) is 11.4 Å². The zero-order valence-corrected chi connectivity index (χ0v) is 13.3. The van der Waals surface area contributed by atoms with Crippen LogP contribution in [0, 0.1) is 6.92 Å². The minimum atomic E-state index is -0.846. The summed E-state index contributed by atoms with van der Waals surface area (Å²) in [5, 5.41) is 14.6. The lowest BCUT2D eigenvalue weighted by molar-refractivity contribution is -0.133. The minimum absolute atomic E-state index is 0.0820. The average molecular weight is 313 g/mol. The van der Waals surface area contributed by atoms with Crippen molar-refractivity contribution < 1.29 is 14.7 Å². The molecule has 3 N–H and O–H groups in total. The van der Waals surface area contributed by atoms with E-state index in [1.165, 1.54) is 6.07 Å². The van der Waals surface area contributed by atoms with Crippen molar-refractivity contribution in [2.45, 2.75) is 6.92 Å². The van der Waals surface area contributed by atoms with Crippen LogP contribution in [0.5, 0.6) is 5.75 Å². The van der Waals surface area contributed by atoms with Crippen LogP contribution in [0.25, 0.3) is 0 Å². The SMILES string of the molecule is Cc1ccc(NC(=O)C(=O)Nc2ccc(N(C)C)cc2)c(O)c1. The first-order chi connectivity index (χ1) is 10.9. The molecule has 2 amide bonds. The molecule has 2 rings (SSSR count). The summed E-state index contributed by atoms with van der Waals surface area (Å²) in [4.78, 5) is 25.7. The van der Waals surface area contributed by atoms with Gasteiger partial charge in [0.2, 0.25) is 0 Å². The van der Waals surface area contributed by atoms with Gasteiger partial charge in [-0.1, -0.05) is 6.07 Å². The van der Waals surface area contributed by atoms with Crippen LogP contribution >= 0.6 is 0 Å². The maximum atomic E-state index is 11.9. The van der Waals surface area contributed by atoms with Crippen LogP contribution in [0.4, 0.5) is 17.1 Å². The summed E-state index contributed by atoms with van der Waals surface area (Å²) >= 11 is 0. The topological polar surface area (TPSA) is 81.7 Å². The van der Waals surface area contributed by atoms with Crippen LogP contribution in [-0.2, 0) is 9.59 Å². The number of hydrogen-bond donors (Lipinski definition) is 3. The van der Waals surface area contributed by atoms with Crippen LogP contribution in [-0.4, -0.2) is 31.0 Å². The highest BCUT2D eigenvalue weighted by atomic mass is 16.3. The van der Waals surface area contributed by atoms with Gasteiger partial charge in [-0.05, 0) is 48.9 Å². The van der Waals surface area contributed by atoms with E-state index in [9.17, 15) is 14.7 Å². The first-order valence-corrected chi connectivity index (χ1v) is 7.06.